The minimum atomic E-state index is -1.06. The fourth-order valence-electron chi connectivity index (χ4n) is 3.47. The molecule has 1 aromatic carbocycles. The second-order valence-electron chi connectivity index (χ2n) is 7.01. The van der Waals surface area contributed by atoms with Gasteiger partial charge in [0.1, 0.15) is 0 Å². The Labute approximate surface area is 181 Å². The first-order valence-corrected chi connectivity index (χ1v) is 9.70. The molecular weight excluding hydrogens is 406 g/mol. The Balaban J connectivity index is 1.49. The van der Waals surface area contributed by atoms with Crippen LogP contribution in [0.4, 0.5) is 5.69 Å². The molecular formula is C24H15N5O3. The summed E-state index contributed by atoms with van der Waals surface area (Å²) in [6.07, 6.45) is 6.22. The maximum atomic E-state index is 13.0. The Morgan fingerprint density at radius 2 is 1.41 bits per heavy atom. The molecule has 5 rings (SSSR count). The Morgan fingerprint density at radius 3 is 2.19 bits per heavy atom. The van der Waals surface area contributed by atoms with E-state index >= 15 is 0 Å². The highest BCUT2D eigenvalue weighted by Crippen LogP contribution is 2.28. The van der Waals surface area contributed by atoms with Gasteiger partial charge in [0.15, 0.2) is 0 Å². The molecule has 0 bridgehead atoms. The number of nitrogens with zero attached hydrogens (tertiary/aromatic N) is 4. The van der Waals surface area contributed by atoms with Crippen LogP contribution in [0.1, 0.15) is 20.7 Å². The standard InChI is InChI=1S/C24H15N5O3/c30-23(15-5-9-25-19(12-15)20-13-16(24(31)32)6-10-26-20)29-18-7-11-28-22-17(18)4-3-14-2-1-8-27-21(14)22/h1-13H,(H,31,32)(H,28,29,30). The normalized spacial score (nSPS) is 10.9. The van der Waals surface area contributed by atoms with E-state index in [0.29, 0.717) is 28.2 Å². The molecule has 0 aliphatic heterocycles. The molecule has 0 fully saturated rings. The van der Waals surface area contributed by atoms with Gasteiger partial charge < -0.3 is 10.4 Å². The molecule has 4 aromatic heterocycles. The number of hydrogen-bond acceptors (Lipinski definition) is 6. The van der Waals surface area contributed by atoms with Gasteiger partial charge in [-0.05, 0) is 42.5 Å². The third-order valence-corrected chi connectivity index (χ3v) is 5.02. The van der Waals surface area contributed by atoms with Crippen LogP contribution in [-0.4, -0.2) is 36.9 Å². The molecule has 4 heterocycles. The molecule has 0 aliphatic rings. The van der Waals surface area contributed by atoms with Crippen LogP contribution in [0.15, 0.2) is 79.4 Å². The SMILES string of the molecule is O=C(O)c1ccnc(-c2cc(C(=O)Nc3ccnc4c3ccc3cccnc34)ccn2)c1. The highest BCUT2D eigenvalue weighted by atomic mass is 16.4. The van der Waals surface area contributed by atoms with Crippen molar-refractivity contribution in [3.63, 3.8) is 0 Å². The number of amides is 1. The summed E-state index contributed by atoms with van der Waals surface area (Å²) in [7, 11) is 0. The Bertz CT molecular complexity index is 1520. The highest BCUT2D eigenvalue weighted by Gasteiger charge is 2.13. The quantitative estimate of drug-likeness (QED) is 0.418. The number of hydrogen-bond donors (Lipinski definition) is 2. The summed E-state index contributed by atoms with van der Waals surface area (Å²) in [6.45, 7) is 0. The summed E-state index contributed by atoms with van der Waals surface area (Å²) < 4.78 is 0. The van der Waals surface area contributed by atoms with E-state index in [1.54, 1.807) is 30.6 Å². The maximum Gasteiger partial charge on any atom is 0.335 e. The summed E-state index contributed by atoms with van der Waals surface area (Å²) >= 11 is 0. The molecule has 32 heavy (non-hydrogen) atoms. The lowest BCUT2D eigenvalue weighted by Gasteiger charge is -2.10. The van der Waals surface area contributed by atoms with Crippen LogP contribution in [-0.2, 0) is 0 Å². The maximum absolute atomic E-state index is 13.0. The number of aromatic carboxylic acids is 1. The first-order valence-electron chi connectivity index (χ1n) is 9.70. The number of anilines is 1. The van der Waals surface area contributed by atoms with Crippen molar-refractivity contribution in [1.82, 2.24) is 19.9 Å². The monoisotopic (exact) mass is 421 g/mol. The van der Waals surface area contributed by atoms with E-state index in [2.05, 4.69) is 25.3 Å². The number of carboxylic acid groups (broad SMARTS) is 1. The smallest absolute Gasteiger partial charge is 0.335 e. The van der Waals surface area contributed by atoms with Gasteiger partial charge in [-0.15, -0.1) is 0 Å². The summed E-state index contributed by atoms with van der Waals surface area (Å²) in [5, 5.41) is 13.9. The molecule has 0 spiro atoms. The molecule has 154 valence electrons. The largest absolute Gasteiger partial charge is 0.478 e. The van der Waals surface area contributed by atoms with Crippen molar-refractivity contribution in [2.24, 2.45) is 0 Å². The number of pyridine rings is 4. The van der Waals surface area contributed by atoms with Crippen molar-refractivity contribution in [2.45, 2.75) is 0 Å². The number of carbonyl (C=O) groups excluding carboxylic acids is 1. The second kappa shape index (κ2) is 7.84. The van der Waals surface area contributed by atoms with Crippen LogP contribution in [0.2, 0.25) is 0 Å². The number of nitrogens with one attached hydrogen (secondary N) is 1. The van der Waals surface area contributed by atoms with Crippen molar-refractivity contribution in [2.75, 3.05) is 5.32 Å². The topological polar surface area (TPSA) is 118 Å². The molecule has 0 atom stereocenters. The Hall–Kier alpha value is -4.72. The molecule has 0 saturated heterocycles. The van der Waals surface area contributed by atoms with E-state index < -0.39 is 5.97 Å². The fourth-order valence-corrected chi connectivity index (χ4v) is 3.47. The average Bonchev–Trinajstić information content (AvgIpc) is 2.84. The van der Waals surface area contributed by atoms with Gasteiger partial charge in [0.2, 0.25) is 0 Å². The number of fused-ring (bicyclic) bond motifs is 3. The second-order valence-corrected chi connectivity index (χ2v) is 7.01. The van der Waals surface area contributed by atoms with Crippen LogP contribution in [0.25, 0.3) is 33.2 Å². The molecule has 0 unspecified atom stereocenters. The molecule has 0 saturated carbocycles. The van der Waals surface area contributed by atoms with Gasteiger partial charge in [0.25, 0.3) is 5.91 Å². The van der Waals surface area contributed by atoms with Gasteiger partial charge in [-0.1, -0.05) is 12.1 Å². The minimum Gasteiger partial charge on any atom is -0.478 e. The number of carboxylic acids is 1. The number of aromatic nitrogens is 4. The van der Waals surface area contributed by atoms with Crippen molar-refractivity contribution in [1.29, 1.82) is 0 Å². The van der Waals surface area contributed by atoms with E-state index in [4.69, 9.17) is 0 Å². The van der Waals surface area contributed by atoms with Crippen LogP contribution < -0.4 is 5.32 Å². The third-order valence-electron chi connectivity index (χ3n) is 5.02. The average molecular weight is 421 g/mol. The fraction of sp³-hybridized carbons (Fsp3) is 0. The number of benzene rings is 1. The van der Waals surface area contributed by atoms with Crippen molar-refractivity contribution < 1.29 is 14.7 Å². The summed E-state index contributed by atoms with van der Waals surface area (Å²) in [5.74, 6) is -1.40. The Morgan fingerprint density at radius 1 is 0.719 bits per heavy atom. The van der Waals surface area contributed by atoms with Crippen molar-refractivity contribution in [3.05, 3.63) is 90.5 Å². The van der Waals surface area contributed by atoms with E-state index in [-0.39, 0.29) is 11.5 Å². The molecule has 8 nitrogen and oxygen atoms in total. The van der Waals surface area contributed by atoms with Gasteiger partial charge >= 0.3 is 5.97 Å². The van der Waals surface area contributed by atoms with Gasteiger partial charge in [0.05, 0.1) is 33.7 Å². The van der Waals surface area contributed by atoms with Crippen LogP contribution in [0.3, 0.4) is 0 Å². The van der Waals surface area contributed by atoms with Gasteiger partial charge in [-0.2, -0.15) is 0 Å². The predicted molar refractivity (Wildman–Crippen MR) is 119 cm³/mol. The van der Waals surface area contributed by atoms with E-state index in [0.717, 1.165) is 16.3 Å². The van der Waals surface area contributed by atoms with Crippen LogP contribution in [0.5, 0.6) is 0 Å². The van der Waals surface area contributed by atoms with Gasteiger partial charge in [-0.3, -0.25) is 24.7 Å². The lowest BCUT2D eigenvalue weighted by atomic mass is 10.1. The molecule has 2 N–H and O–H groups in total. The van der Waals surface area contributed by atoms with E-state index in [1.165, 1.54) is 24.5 Å². The van der Waals surface area contributed by atoms with Crippen molar-refractivity contribution >= 4 is 39.4 Å². The zero-order chi connectivity index (χ0) is 22.1. The predicted octanol–water partition coefficient (Wildman–Crippen LogP) is 4.19. The first kappa shape index (κ1) is 19.3. The van der Waals surface area contributed by atoms with E-state index in [9.17, 15) is 14.7 Å². The molecule has 0 radical (unpaired) electrons. The van der Waals surface area contributed by atoms with Crippen LogP contribution >= 0.6 is 0 Å². The number of rotatable bonds is 4. The lowest BCUT2D eigenvalue weighted by molar-refractivity contribution is 0.0696. The van der Waals surface area contributed by atoms with Crippen LogP contribution in [0, 0.1) is 0 Å². The number of carbonyl (C=O) groups is 2. The summed E-state index contributed by atoms with van der Waals surface area (Å²) in [5.41, 5.74) is 3.29. The molecule has 5 aromatic rings. The molecule has 0 aliphatic carbocycles. The lowest BCUT2D eigenvalue weighted by Crippen LogP contribution is -2.12. The summed E-state index contributed by atoms with van der Waals surface area (Å²) in [4.78, 5) is 41.5. The minimum absolute atomic E-state index is 0.0933. The zero-order valence-corrected chi connectivity index (χ0v) is 16.6. The van der Waals surface area contributed by atoms with Crippen molar-refractivity contribution in [3.8, 4) is 11.4 Å². The van der Waals surface area contributed by atoms with Gasteiger partial charge in [0, 0.05) is 41.1 Å². The first-order chi connectivity index (χ1) is 15.6. The summed E-state index contributed by atoms with van der Waals surface area (Å²) in [6, 6.07) is 15.4. The van der Waals surface area contributed by atoms with E-state index in [1.807, 2.05) is 24.3 Å². The highest BCUT2D eigenvalue weighted by molar-refractivity contribution is 6.12. The zero-order valence-electron chi connectivity index (χ0n) is 16.6. The third kappa shape index (κ3) is 3.50. The Kier molecular flexibility index (Phi) is 4.72. The molecule has 1 amide bonds. The molecule has 8 heteroatoms. The van der Waals surface area contributed by atoms with Gasteiger partial charge in [-0.25, -0.2) is 4.79 Å².